The van der Waals surface area contributed by atoms with E-state index in [4.69, 9.17) is 11.6 Å². The van der Waals surface area contributed by atoms with Gasteiger partial charge in [-0.1, -0.05) is 18.5 Å². The molecule has 0 bridgehead atoms. The first-order valence-corrected chi connectivity index (χ1v) is 11.1. The van der Waals surface area contributed by atoms with Crippen LogP contribution >= 0.6 is 11.6 Å². The highest BCUT2D eigenvalue weighted by atomic mass is 35.5. The van der Waals surface area contributed by atoms with Crippen LogP contribution in [0.4, 0.5) is 17.3 Å². The lowest BCUT2D eigenvalue weighted by molar-refractivity contribution is -0.384. The van der Waals surface area contributed by atoms with Crippen molar-refractivity contribution >= 4 is 34.8 Å². The number of anilines is 2. The highest BCUT2D eigenvalue weighted by molar-refractivity contribution is 6.34. The molecule has 0 spiro atoms. The van der Waals surface area contributed by atoms with E-state index in [-0.39, 0.29) is 22.2 Å². The van der Waals surface area contributed by atoms with Crippen molar-refractivity contribution in [1.29, 1.82) is 0 Å². The molecule has 3 heterocycles. The Morgan fingerprint density at radius 1 is 0.969 bits per heavy atom. The SMILES string of the molecule is CCN1CCN(c2ccc(N3CCN(C(=O)c4ccc([N+](=O)[O-])cc4Cl)CC3)nn2)CC1. The maximum Gasteiger partial charge on any atom is 0.270 e. The summed E-state index contributed by atoms with van der Waals surface area (Å²) in [6.07, 6.45) is 0. The van der Waals surface area contributed by atoms with Crippen LogP contribution in [0.2, 0.25) is 5.02 Å². The van der Waals surface area contributed by atoms with Crippen LogP contribution in [0, 0.1) is 10.1 Å². The first-order valence-electron chi connectivity index (χ1n) is 10.8. The molecular weight excluding hydrogens is 434 g/mol. The standard InChI is InChI=1S/C21H26ClN7O3/c1-2-25-7-9-26(10-8-25)19-5-6-20(24-23-19)27-11-13-28(14-12-27)21(30)17-4-3-16(29(31)32)15-18(17)22/h3-6,15H,2,7-14H2,1H3. The number of carbonyl (C=O) groups is 1. The molecule has 1 amide bonds. The molecule has 0 saturated carbocycles. The van der Waals surface area contributed by atoms with Crippen molar-refractivity contribution in [1.82, 2.24) is 20.0 Å². The molecule has 0 unspecified atom stereocenters. The molecule has 2 aromatic rings. The average molecular weight is 460 g/mol. The van der Waals surface area contributed by atoms with Crippen molar-refractivity contribution in [2.24, 2.45) is 0 Å². The van der Waals surface area contributed by atoms with Gasteiger partial charge in [0.25, 0.3) is 11.6 Å². The maximum atomic E-state index is 12.8. The van der Waals surface area contributed by atoms with Crippen LogP contribution in [0.25, 0.3) is 0 Å². The summed E-state index contributed by atoms with van der Waals surface area (Å²) in [6.45, 7) is 9.49. The molecule has 2 saturated heterocycles. The Balaban J connectivity index is 1.33. The lowest BCUT2D eigenvalue weighted by atomic mass is 10.1. The van der Waals surface area contributed by atoms with Crippen molar-refractivity contribution in [3.8, 4) is 0 Å². The van der Waals surface area contributed by atoms with Gasteiger partial charge in [-0.15, -0.1) is 10.2 Å². The zero-order valence-electron chi connectivity index (χ0n) is 18.0. The zero-order valence-corrected chi connectivity index (χ0v) is 18.7. The van der Waals surface area contributed by atoms with Crippen LogP contribution in [0.3, 0.4) is 0 Å². The normalized spacial score (nSPS) is 17.5. The van der Waals surface area contributed by atoms with E-state index in [1.807, 2.05) is 12.1 Å². The average Bonchev–Trinajstić information content (AvgIpc) is 2.84. The van der Waals surface area contributed by atoms with E-state index in [1.165, 1.54) is 18.2 Å². The van der Waals surface area contributed by atoms with Crippen LogP contribution in [0.5, 0.6) is 0 Å². The van der Waals surface area contributed by atoms with Gasteiger partial charge in [-0.2, -0.15) is 0 Å². The number of amides is 1. The van der Waals surface area contributed by atoms with E-state index in [0.717, 1.165) is 44.4 Å². The van der Waals surface area contributed by atoms with E-state index in [1.54, 1.807) is 4.90 Å². The van der Waals surface area contributed by atoms with E-state index >= 15 is 0 Å². The van der Waals surface area contributed by atoms with Gasteiger partial charge in [0.15, 0.2) is 11.6 Å². The Kier molecular flexibility index (Phi) is 6.71. The number of benzene rings is 1. The summed E-state index contributed by atoms with van der Waals surface area (Å²) in [5.41, 5.74) is 0.142. The fourth-order valence-electron chi connectivity index (χ4n) is 4.05. The summed E-state index contributed by atoms with van der Waals surface area (Å²) in [6, 6.07) is 7.93. The second-order valence-corrected chi connectivity index (χ2v) is 8.28. The Morgan fingerprint density at radius 3 is 2.00 bits per heavy atom. The number of likely N-dealkylation sites (N-methyl/N-ethyl adjacent to an activating group) is 1. The highest BCUT2D eigenvalue weighted by Gasteiger charge is 2.25. The number of hydrogen-bond acceptors (Lipinski definition) is 8. The molecule has 2 fully saturated rings. The molecule has 0 atom stereocenters. The second-order valence-electron chi connectivity index (χ2n) is 7.87. The maximum absolute atomic E-state index is 12.8. The fourth-order valence-corrected chi connectivity index (χ4v) is 4.30. The molecule has 1 aromatic heterocycles. The lowest BCUT2D eigenvalue weighted by Gasteiger charge is -2.36. The molecule has 32 heavy (non-hydrogen) atoms. The van der Waals surface area contributed by atoms with Crippen LogP contribution in [-0.4, -0.2) is 89.7 Å². The summed E-state index contributed by atoms with van der Waals surface area (Å²) >= 11 is 6.12. The van der Waals surface area contributed by atoms with Gasteiger partial charge in [-0.25, -0.2) is 0 Å². The van der Waals surface area contributed by atoms with Crippen molar-refractivity contribution < 1.29 is 9.72 Å². The Labute approximate surface area is 191 Å². The van der Waals surface area contributed by atoms with Crippen molar-refractivity contribution in [2.75, 3.05) is 68.7 Å². The number of piperazine rings is 2. The summed E-state index contributed by atoms with van der Waals surface area (Å²) in [7, 11) is 0. The molecule has 0 aliphatic carbocycles. The monoisotopic (exact) mass is 459 g/mol. The molecular formula is C21H26ClN7O3. The molecule has 0 N–H and O–H groups in total. The van der Waals surface area contributed by atoms with Gasteiger partial charge >= 0.3 is 0 Å². The van der Waals surface area contributed by atoms with Crippen molar-refractivity contribution in [3.63, 3.8) is 0 Å². The van der Waals surface area contributed by atoms with Crippen LogP contribution in [0.1, 0.15) is 17.3 Å². The zero-order chi connectivity index (χ0) is 22.7. The van der Waals surface area contributed by atoms with Gasteiger partial charge in [0.1, 0.15) is 0 Å². The smallest absolute Gasteiger partial charge is 0.270 e. The lowest BCUT2D eigenvalue weighted by Crippen LogP contribution is -2.49. The molecule has 10 nitrogen and oxygen atoms in total. The van der Waals surface area contributed by atoms with Gasteiger partial charge in [0.05, 0.1) is 15.5 Å². The quantitative estimate of drug-likeness (QED) is 0.495. The predicted molar refractivity (Wildman–Crippen MR) is 123 cm³/mol. The molecule has 170 valence electrons. The van der Waals surface area contributed by atoms with E-state index in [2.05, 4.69) is 31.8 Å². The predicted octanol–water partition coefficient (Wildman–Crippen LogP) is 2.14. The van der Waals surface area contributed by atoms with Gasteiger partial charge < -0.3 is 19.6 Å². The minimum Gasteiger partial charge on any atom is -0.353 e. The number of nitro groups is 1. The van der Waals surface area contributed by atoms with Gasteiger partial charge in [0, 0.05) is 64.5 Å². The molecule has 4 rings (SSSR count). The highest BCUT2D eigenvalue weighted by Crippen LogP contribution is 2.25. The first kappa shape index (κ1) is 22.2. The summed E-state index contributed by atoms with van der Waals surface area (Å²) in [5.74, 6) is 1.46. The molecule has 11 heteroatoms. The number of hydrogen-bond donors (Lipinski definition) is 0. The Morgan fingerprint density at radius 2 is 1.53 bits per heavy atom. The van der Waals surface area contributed by atoms with Crippen molar-refractivity contribution in [2.45, 2.75) is 6.92 Å². The topological polar surface area (TPSA) is 99.0 Å². The van der Waals surface area contributed by atoms with Crippen LogP contribution in [0.15, 0.2) is 30.3 Å². The minimum absolute atomic E-state index is 0.0906. The van der Waals surface area contributed by atoms with Gasteiger partial charge in [-0.05, 0) is 24.7 Å². The van der Waals surface area contributed by atoms with Crippen LogP contribution < -0.4 is 9.80 Å². The first-order chi connectivity index (χ1) is 15.5. The van der Waals surface area contributed by atoms with E-state index < -0.39 is 4.92 Å². The molecule has 2 aliphatic rings. The van der Waals surface area contributed by atoms with Crippen molar-refractivity contribution in [3.05, 3.63) is 51.0 Å². The van der Waals surface area contributed by atoms with Gasteiger partial charge in [0.2, 0.25) is 0 Å². The molecule has 1 aromatic carbocycles. The van der Waals surface area contributed by atoms with E-state index in [9.17, 15) is 14.9 Å². The number of carbonyl (C=O) groups excluding carboxylic acids is 1. The number of rotatable bonds is 5. The Hall–Kier alpha value is -2.98. The van der Waals surface area contributed by atoms with E-state index in [0.29, 0.717) is 26.2 Å². The number of halogens is 1. The largest absolute Gasteiger partial charge is 0.353 e. The summed E-state index contributed by atoms with van der Waals surface area (Å²) < 4.78 is 0. The minimum atomic E-state index is -0.531. The number of aromatic nitrogens is 2. The van der Waals surface area contributed by atoms with Crippen LogP contribution in [-0.2, 0) is 0 Å². The summed E-state index contributed by atoms with van der Waals surface area (Å²) in [5, 5.41) is 19.8. The second kappa shape index (κ2) is 9.66. The number of nitro benzene ring substituents is 1. The molecule has 0 radical (unpaired) electrons. The van der Waals surface area contributed by atoms with Gasteiger partial charge in [-0.3, -0.25) is 14.9 Å². The fraction of sp³-hybridized carbons (Fsp3) is 0.476. The Bertz CT molecular complexity index is 972. The third-order valence-electron chi connectivity index (χ3n) is 6.06. The third kappa shape index (κ3) is 4.76. The number of non-ortho nitro benzene ring substituents is 1. The third-order valence-corrected chi connectivity index (χ3v) is 6.38. The number of nitrogens with zero attached hydrogens (tertiary/aromatic N) is 7. The molecule has 2 aliphatic heterocycles. The summed E-state index contributed by atoms with van der Waals surface area (Å²) in [4.78, 5) is 31.7.